The van der Waals surface area contributed by atoms with Gasteiger partial charge in [-0.25, -0.2) is 0 Å². The highest BCUT2D eigenvalue weighted by Crippen LogP contribution is 2.44. The largest absolute Gasteiger partial charge is 0.389 e. The molecule has 4 atom stereocenters. The summed E-state index contributed by atoms with van der Waals surface area (Å²) in [7, 11) is 0. The Morgan fingerprint density at radius 3 is 2.92 bits per heavy atom. The van der Waals surface area contributed by atoms with Crippen LogP contribution < -0.4 is 0 Å². The van der Waals surface area contributed by atoms with Gasteiger partial charge >= 0.3 is 0 Å². The zero-order chi connectivity index (χ0) is 16.7. The average Bonchev–Trinajstić information content (AvgIpc) is 3.05. The summed E-state index contributed by atoms with van der Waals surface area (Å²) in [5.74, 6) is 1.91. The summed E-state index contributed by atoms with van der Waals surface area (Å²) >= 11 is 0. The highest BCUT2D eigenvalue weighted by atomic mass is 16.5. The molecule has 1 aromatic rings. The van der Waals surface area contributed by atoms with Crippen LogP contribution in [0.4, 0.5) is 0 Å². The maximum absolute atomic E-state index is 11.3. The Hall–Kier alpha value is -1.02. The van der Waals surface area contributed by atoms with Gasteiger partial charge in [-0.05, 0) is 6.42 Å². The van der Waals surface area contributed by atoms with Crippen LogP contribution >= 0.6 is 0 Å². The lowest BCUT2D eigenvalue weighted by Gasteiger charge is -2.57. The van der Waals surface area contributed by atoms with Gasteiger partial charge < -0.3 is 19.1 Å². The summed E-state index contributed by atoms with van der Waals surface area (Å²) < 4.78 is 16.8. The molecule has 1 N–H and O–H groups in total. The number of piperidine rings is 1. The third kappa shape index (κ3) is 2.77. The van der Waals surface area contributed by atoms with Crippen LogP contribution in [0.2, 0.25) is 0 Å². The molecule has 7 nitrogen and oxygen atoms in total. The molecule has 0 spiro atoms. The highest BCUT2D eigenvalue weighted by Gasteiger charge is 2.55. The zero-order valence-corrected chi connectivity index (χ0v) is 14.5. The number of fused-ring (bicyclic) bond motifs is 3. The predicted molar refractivity (Wildman–Crippen MR) is 85.4 cm³/mol. The van der Waals surface area contributed by atoms with Gasteiger partial charge in [-0.2, -0.15) is 4.98 Å². The SMILES string of the molecule is CC(C)c1noc(CN2C[C@H]3COCC[C@@]3(O)[C@@H]3COCC[C@@H]32)n1. The van der Waals surface area contributed by atoms with Crippen LogP contribution in [0.15, 0.2) is 4.52 Å². The molecule has 7 heteroatoms. The van der Waals surface area contributed by atoms with Gasteiger partial charge in [0.15, 0.2) is 5.82 Å². The van der Waals surface area contributed by atoms with Gasteiger partial charge in [-0.15, -0.1) is 0 Å². The van der Waals surface area contributed by atoms with E-state index in [0.29, 0.717) is 44.7 Å². The van der Waals surface area contributed by atoms with Gasteiger partial charge in [-0.3, -0.25) is 4.90 Å². The quantitative estimate of drug-likeness (QED) is 0.887. The van der Waals surface area contributed by atoms with Crippen molar-refractivity contribution in [2.24, 2.45) is 11.8 Å². The van der Waals surface area contributed by atoms with Crippen LogP contribution in [-0.2, 0) is 16.0 Å². The third-order valence-electron chi connectivity index (χ3n) is 5.90. The number of likely N-dealkylation sites (tertiary alicyclic amines) is 1. The Morgan fingerprint density at radius 2 is 2.12 bits per heavy atom. The number of ether oxygens (including phenoxy) is 2. The van der Waals surface area contributed by atoms with E-state index in [-0.39, 0.29) is 17.8 Å². The highest BCUT2D eigenvalue weighted by molar-refractivity contribution is 5.06. The second kappa shape index (κ2) is 6.37. The van der Waals surface area contributed by atoms with E-state index >= 15 is 0 Å². The number of aliphatic hydroxyl groups is 1. The van der Waals surface area contributed by atoms with Gasteiger partial charge in [0.1, 0.15) is 0 Å². The predicted octanol–water partition coefficient (Wildman–Crippen LogP) is 1.18. The van der Waals surface area contributed by atoms with Gasteiger partial charge in [0.2, 0.25) is 5.89 Å². The first-order valence-corrected chi connectivity index (χ1v) is 9.02. The Kier molecular flexibility index (Phi) is 4.36. The Morgan fingerprint density at radius 1 is 1.29 bits per heavy atom. The fourth-order valence-electron chi connectivity index (χ4n) is 4.49. The fraction of sp³-hybridized carbons (Fsp3) is 0.882. The minimum atomic E-state index is -0.669. The van der Waals surface area contributed by atoms with Crippen LogP contribution in [0.1, 0.15) is 44.3 Å². The molecule has 0 saturated carbocycles. The number of aromatic nitrogens is 2. The first-order valence-electron chi connectivity index (χ1n) is 9.02. The summed E-state index contributed by atoms with van der Waals surface area (Å²) in [4.78, 5) is 6.91. The van der Waals surface area contributed by atoms with Gasteiger partial charge in [0.25, 0.3) is 0 Å². The van der Waals surface area contributed by atoms with Gasteiger partial charge in [0, 0.05) is 50.0 Å². The molecular weight excluding hydrogens is 310 g/mol. The summed E-state index contributed by atoms with van der Waals surface area (Å²) in [6.07, 6.45) is 1.64. The molecule has 0 aromatic carbocycles. The van der Waals surface area contributed by atoms with Crippen LogP contribution in [0.5, 0.6) is 0 Å². The minimum absolute atomic E-state index is 0.113. The molecule has 3 saturated heterocycles. The molecule has 3 fully saturated rings. The van der Waals surface area contributed by atoms with Crippen molar-refractivity contribution in [3.8, 4) is 0 Å². The molecule has 3 aliphatic rings. The van der Waals surface area contributed by atoms with E-state index in [1.807, 2.05) is 0 Å². The normalized spacial score (nSPS) is 37.2. The molecule has 3 aliphatic heterocycles. The molecule has 1 aromatic heterocycles. The monoisotopic (exact) mass is 337 g/mol. The van der Waals surface area contributed by atoms with Crippen molar-refractivity contribution in [2.75, 3.05) is 33.0 Å². The summed E-state index contributed by atoms with van der Waals surface area (Å²) in [6.45, 7) is 8.16. The summed E-state index contributed by atoms with van der Waals surface area (Å²) in [5, 5.41) is 15.4. The van der Waals surface area contributed by atoms with Crippen molar-refractivity contribution in [1.29, 1.82) is 0 Å². The molecule has 0 radical (unpaired) electrons. The Balaban J connectivity index is 1.56. The van der Waals surface area contributed by atoms with Gasteiger partial charge in [-0.1, -0.05) is 19.0 Å². The molecule has 0 bridgehead atoms. The topological polar surface area (TPSA) is 80.9 Å². The van der Waals surface area contributed by atoms with E-state index in [0.717, 1.165) is 25.4 Å². The van der Waals surface area contributed by atoms with E-state index in [4.69, 9.17) is 14.0 Å². The molecule has 134 valence electrons. The molecule has 4 rings (SSSR count). The lowest BCUT2D eigenvalue weighted by atomic mass is 9.66. The number of nitrogens with zero attached hydrogens (tertiary/aromatic N) is 3. The van der Waals surface area contributed by atoms with Crippen molar-refractivity contribution in [2.45, 2.75) is 50.8 Å². The second-order valence-electron chi connectivity index (χ2n) is 7.68. The zero-order valence-electron chi connectivity index (χ0n) is 14.5. The van der Waals surface area contributed by atoms with Crippen molar-refractivity contribution >= 4 is 0 Å². The van der Waals surface area contributed by atoms with Crippen molar-refractivity contribution in [3.63, 3.8) is 0 Å². The van der Waals surface area contributed by atoms with Crippen molar-refractivity contribution in [3.05, 3.63) is 11.7 Å². The van der Waals surface area contributed by atoms with Crippen LogP contribution in [0.25, 0.3) is 0 Å². The van der Waals surface area contributed by atoms with Crippen LogP contribution in [-0.4, -0.2) is 64.8 Å². The lowest BCUT2D eigenvalue weighted by Crippen LogP contribution is -2.67. The second-order valence-corrected chi connectivity index (χ2v) is 7.68. The summed E-state index contributed by atoms with van der Waals surface area (Å²) in [5.41, 5.74) is -0.669. The van der Waals surface area contributed by atoms with E-state index in [1.165, 1.54) is 0 Å². The maximum Gasteiger partial charge on any atom is 0.240 e. The van der Waals surface area contributed by atoms with E-state index in [2.05, 4.69) is 28.9 Å². The maximum atomic E-state index is 11.3. The number of hydrogen-bond acceptors (Lipinski definition) is 7. The molecule has 4 heterocycles. The van der Waals surface area contributed by atoms with Gasteiger partial charge in [0.05, 0.1) is 25.4 Å². The molecule has 0 aliphatic carbocycles. The lowest BCUT2D eigenvalue weighted by molar-refractivity contribution is -0.222. The van der Waals surface area contributed by atoms with Crippen LogP contribution in [0, 0.1) is 11.8 Å². The summed E-state index contributed by atoms with van der Waals surface area (Å²) in [6, 6.07) is 0.299. The Bertz CT molecular complexity index is 578. The van der Waals surface area contributed by atoms with Crippen molar-refractivity contribution < 1.29 is 19.1 Å². The molecule has 0 amide bonds. The molecule has 0 unspecified atom stereocenters. The smallest absolute Gasteiger partial charge is 0.240 e. The van der Waals surface area contributed by atoms with E-state index in [1.54, 1.807) is 0 Å². The first kappa shape index (κ1) is 16.4. The van der Waals surface area contributed by atoms with Crippen LogP contribution in [0.3, 0.4) is 0 Å². The van der Waals surface area contributed by atoms with E-state index in [9.17, 15) is 5.11 Å². The van der Waals surface area contributed by atoms with Crippen molar-refractivity contribution in [1.82, 2.24) is 15.0 Å². The third-order valence-corrected chi connectivity index (χ3v) is 5.90. The molecule has 24 heavy (non-hydrogen) atoms. The first-order chi connectivity index (χ1) is 11.6. The van der Waals surface area contributed by atoms with E-state index < -0.39 is 5.60 Å². The molecular formula is C17H27N3O4. The average molecular weight is 337 g/mol. The number of rotatable bonds is 3. The standard InChI is InChI=1S/C17H27N3O4/c1-11(2)16-18-15(24-19-16)8-20-7-12-9-23-6-4-17(12,21)13-10-22-5-3-14(13)20/h11-14,21H,3-10H2,1-2H3/t12-,13+,14-,17-/m0/s1. The minimum Gasteiger partial charge on any atom is -0.389 e. The number of hydrogen-bond donors (Lipinski definition) is 1. The fourth-order valence-corrected chi connectivity index (χ4v) is 4.49. The Labute approximate surface area is 142 Å².